The van der Waals surface area contributed by atoms with Crippen molar-refractivity contribution in [2.45, 2.75) is 169 Å². The second-order valence-electron chi connectivity index (χ2n) is 10.6. The maximum atomic E-state index is 2.35. The van der Waals surface area contributed by atoms with Crippen LogP contribution in [0.1, 0.15) is 169 Å². The van der Waals surface area contributed by atoms with Crippen LogP contribution >= 0.6 is 0 Å². The standard InChI is InChI=1S/C30H64N.ClH/c1-5-9-13-17-20-24-28-31(27-23-16-12-8-4,29-25-21-18-14-10-6-2)30-26-22-19-15-11-7-3;/h5-30H2,1-4H3;1H/q+1;/p-1. The zero-order valence-electron chi connectivity index (χ0n) is 23.2. The highest BCUT2D eigenvalue weighted by Crippen LogP contribution is 2.20. The van der Waals surface area contributed by atoms with Gasteiger partial charge in [-0.3, -0.25) is 0 Å². The number of hydrogen-bond acceptors (Lipinski definition) is 0. The van der Waals surface area contributed by atoms with Crippen molar-refractivity contribution < 1.29 is 16.9 Å². The molecule has 1 nitrogen and oxygen atoms in total. The smallest absolute Gasteiger partial charge is 0.0786 e. The molecule has 0 rings (SSSR count). The molecule has 0 aromatic heterocycles. The normalized spacial score (nSPS) is 11.6. The molecule has 0 fully saturated rings. The Hall–Kier alpha value is 0.250. The largest absolute Gasteiger partial charge is 1.00 e. The molecule has 0 bridgehead atoms. The maximum absolute atomic E-state index is 2.35. The van der Waals surface area contributed by atoms with E-state index in [1.165, 1.54) is 172 Å². The van der Waals surface area contributed by atoms with E-state index in [2.05, 4.69) is 27.7 Å². The summed E-state index contributed by atoms with van der Waals surface area (Å²) in [5.41, 5.74) is 0. The van der Waals surface area contributed by atoms with E-state index in [-0.39, 0.29) is 12.4 Å². The van der Waals surface area contributed by atoms with Crippen molar-refractivity contribution in [2.24, 2.45) is 0 Å². The van der Waals surface area contributed by atoms with Crippen molar-refractivity contribution in [2.75, 3.05) is 26.2 Å². The number of nitrogens with zero attached hydrogens (tertiary/aromatic N) is 1. The first kappa shape index (κ1) is 34.4. The molecule has 0 aromatic rings. The minimum Gasteiger partial charge on any atom is -1.00 e. The Kier molecular flexibility index (Phi) is 29.6. The summed E-state index contributed by atoms with van der Waals surface area (Å²) in [5, 5.41) is 0. The van der Waals surface area contributed by atoms with E-state index in [1.54, 1.807) is 0 Å². The van der Waals surface area contributed by atoms with E-state index in [0.717, 1.165) is 0 Å². The van der Waals surface area contributed by atoms with Gasteiger partial charge in [-0.25, -0.2) is 0 Å². The van der Waals surface area contributed by atoms with Gasteiger partial charge in [0.05, 0.1) is 26.2 Å². The predicted octanol–water partition coefficient (Wildman–Crippen LogP) is 7.47. The van der Waals surface area contributed by atoms with Gasteiger partial charge in [0.1, 0.15) is 0 Å². The van der Waals surface area contributed by atoms with Crippen molar-refractivity contribution in [1.29, 1.82) is 0 Å². The summed E-state index contributed by atoms with van der Waals surface area (Å²) in [5.74, 6) is 0. The van der Waals surface area contributed by atoms with Crippen LogP contribution in [0.2, 0.25) is 0 Å². The highest BCUT2D eigenvalue weighted by Gasteiger charge is 2.25. The number of halogens is 1. The average Bonchev–Trinajstić information content (AvgIpc) is 2.78. The highest BCUT2D eigenvalue weighted by atomic mass is 35.5. The Morgan fingerprint density at radius 2 is 0.469 bits per heavy atom. The summed E-state index contributed by atoms with van der Waals surface area (Å²) >= 11 is 0. The van der Waals surface area contributed by atoms with Crippen molar-refractivity contribution in [3.05, 3.63) is 0 Å². The van der Waals surface area contributed by atoms with E-state index >= 15 is 0 Å². The van der Waals surface area contributed by atoms with Gasteiger partial charge >= 0.3 is 0 Å². The lowest BCUT2D eigenvalue weighted by atomic mass is 10.0. The summed E-state index contributed by atoms with van der Waals surface area (Å²) in [6.45, 7) is 15.2. The topological polar surface area (TPSA) is 0 Å². The van der Waals surface area contributed by atoms with Gasteiger partial charge in [-0.1, -0.05) is 118 Å². The fourth-order valence-electron chi connectivity index (χ4n) is 5.23. The number of rotatable bonds is 26. The third kappa shape index (κ3) is 22.1. The van der Waals surface area contributed by atoms with Gasteiger partial charge in [0.2, 0.25) is 0 Å². The molecular weight excluding hydrogens is 410 g/mol. The monoisotopic (exact) mass is 473 g/mol. The Morgan fingerprint density at radius 1 is 0.281 bits per heavy atom. The first-order chi connectivity index (χ1) is 15.2. The fraction of sp³-hybridized carbons (Fsp3) is 1.00. The number of quaternary nitrogens is 1. The molecule has 196 valence electrons. The molecule has 0 spiro atoms. The van der Waals surface area contributed by atoms with Gasteiger partial charge < -0.3 is 16.9 Å². The van der Waals surface area contributed by atoms with E-state index in [9.17, 15) is 0 Å². The summed E-state index contributed by atoms with van der Waals surface area (Å²) in [6.07, 6.45) is 31.8. The molecule has 0 atom stereocenters. The highest BCUT2D eigenvalue weighted by molar-refractivity contribution is 4.54. The third-order valence-corrected chi connectivity index (χ3v) is 7.44. The van der Waals surface area contributed by atoms with Gasteiger partial charge in [0, 0.05) is 0 Å². The molecule has 32 heavy (non-hydrogen) atoms. The second kappa shape index (κ2) is 27.5. The molecule has 0 aliphatic heterocycles. The van der Waals surface area contributed by atoms with Crippen LogP contribution in [0, 0.1) is 0 Å². The van der Waals surface area contributed by atoms with Crippen LogP contribution in [-0.4, -0.2) is 30.7 Å². The number of unbranched alkanes of at least 4 members (excludes halogenated alkanes) is 18. The maximum Gasteiger partial charge on any atom is 0.0786 e. The zero-order chi connectivity index (χ0) is 22.9. The summed E-state index contributed by atoms with van der Waals surface area (Å²) in [7, 11) is 0. The van der Waals surface area contributed by atoms with Crippen LogP contribution in [-0.2, 0) is 0 Å². The van der Waals surface area contributed by atoms with Crippen molar-refractivity contribution in [3.8, 4) is 0 Å². The van der Waals surface area contributed by atoms with Crippen LogP contribution in [0.4, 0.5) is 0 Å². The molecule has 2 heteroatoms. The van der Waals surface area contributed by atoms with Gasteiger partial charge in [-0.05, 0) is 51.4 Å². The lowest BCUT2D eigenvalue weighted by molar-refractivity contribution is -0.929. The van der Waals surface area contributed by atoms with Crippen LogP contribution in [0.25, 0.3) is 0 Å². The molecule has 0 aromatic carbocycles. The summed E-state index contributed by atoms with van der Waals surface area (Å²) in [6, 6.07) is 0. The lowest BCUT2D eigenvalue weighted by Crippen LogP contribution is -3.00. The molecular formula is C30H64ClN. The lowest BCUT2D eigenvalue weighted by Gasteiger charge is -2.39. The summed E-state index contributed by atoms with van der Waals surface area (Å²) < 4.78 is 1.47. The Labute approximate surface area is 211 Å². The van der Waals surface area contributed by atoms with Gasteiger partial charge in [-0.15, -0.1) is 0 Å². The molecule has 0 saturated heterocycles. The van der Waals surface area contributed by atoms with Gasteiger partial charge in [-0.2, -0.15) is 0 Å². The Morgan fingerprint density at radius 3 is 0.719 bits per heavy atom. The van der Waals surface area contributed by atoms with Crippen molar-refractivity contribution >= 4 is 0 Å². The van der Waals surface area contributed by atoms with E-state index < -0.39 is 0 Å². The SMILES string of the molecule is CCCCCCCC[N+](CCCCCC)(CCCCCCCC)CCCCCCCC.[Cl-]. The Balaban J connectivity index is 0. The molecule has 0 radical (unpaired) electrons. The number of hydrogen-bond donors (Lipinski definition) is 0. The zero-order valence-corrected chi connectivity index (χ0v) is 24.0. The summed E-state index contributed by atoms with van der Waals surface area (Å²) in [4.78, 5) is 0. The fourth-order valence-corrected chi connectivity index (χ4v) is 5.23. The first-order valence-corrected chi connectivity index (χ1v) is 15.1. The molecule has 0 unspecified atom stereocenters. The van der Waals surface area contributed by atoms with Crippen molar-refractivity contribution in [3.63, 3.8) is 0 Å². The molecule has 0 heterocycles. The molecule has 0 N–H and O–H groups in total. The first-order valence-electron chi connectivity index (χ1n) is 15.1. The van der Waals surface area contributed by atoms with Crippen LogP contribution in [0.3, 0.4) is 0 Å². The van der Waals surface area contributed by atoms with E-state index in [1.807, 2.05) is 0 Å². The quantitative estimate of drug-likeness (QED) is 0.0902. The molecule has 0 amide bonds. The van der Waals surface area contributed by atoms with Crippen LogP contribution in [0.15, 0.2) is 0 Å². The third-order valence-electron chi connectivity index (χ3n) is 7.44. The van der Waals surface area contributed by atoms with Crippen LogP contribution < -0.4 is 12.4 Å². The van der Waals surface area contributed by atoms with E-state index in [4.69, 9.17) is 0 Å². The van der Waals surface area contributed by atoms with Crippen LogP contribution in [0.5, 0.6) is 0 Å². The average molecular weight is 474 g/mol. The second-order valence-corrected chi connectivity index (χ2v) is 10.6. The molecule has 0 aliphatic rings. The molecule has 0 aliphatic carbocycles. The van der Waals surface area contributed by atoms with Crippen molar-refractivity contribution in [1.82, 2.24) is 0 Å². The Bertz CT molecular complexity index is 290. The van der Waals surface area contributed by atoms with Gasteiger partial charge in [0.15, 0.2) is 0 Å². The minimum atomic E-state index is 0. The minimum absolute atomic E-state index is 0. The van der Waals surface area contributed by atoms with E-state index in [0.29, 0.717) is 0 Å². The predicted molar refractivity (Wildman–Crippen MR) is 144 cm³/mol. The molecule has 0 saturated carbocycles. The van der Waals surface area contributed by atoms with Gasteiger partial charge in [0.25, 0.3) is 0 Å².